The predicted molar refractivity (Wildman–Crippen MR) is 218 cm³/mol. The molecule has 4 heterocycles. The molecule has 0 radical (unpaired) electrons. The summed E-state index contributed by atoms with van der Waals surface area (Å²) >= 11 is 1.86. The lowest BCUT2D eigenvalue weighted by Crippen LogP contribution is -2.30. The fourth-order valence-electron chi connectivity index (χ4n) is 9.48. The van der Waals surface area contributed by atoms with E-state index >= 15 is 4.21 Å². The van der Waals surface area contributed by atoms with Crippen LogP contribution < -0.4 is 0 Å². The van der Waals surface area contributed by atoms with Crippen molar-refractivity contribution in [3.8, 4) is 39.1 Å². The van der Waals surface area contributed by atoms with Crippen molar-refractivity contribution in [2.45, 2.75) is 19.6 Å². The van der Waals surface area contributed by atoms with E-state index in [1.54, 1.807) is 0 Å². The first kappa shape index (κ1) is 28.6. The summed E-state index contributed by atoms with van der Waals surface area (Å²) in [7, 11) is -3.96. The highest BCUT2D eigenvalue weighted by Gasteiger charge is 2.57. The zero-order valence-corrected chi connectivity index (χ0v) is 29.5. The van der Waals surface area contributed by atoms with Crippen molar-refractivity contribution < 1.29 is 4.21 Å². The molecule has 0 amide bonds. The largest absolute Gasteiger partial charge is 0.309 e. The van der Waals surface area contributed by atoms with Crippen LogP contribution in [-0.4, -0.2) is 8.78 Å². The number of nitrogens with zero attached hydrogens (tertiary/aromatic N) is 1. The Bertz CT molecular complexity index is 3200. The molecule has 2 nitrogen and oxygen atoms in total. The third kappa shape index (κ3) is 3.25. The first-order valence-corrected chi connectivity index (χ1v) is 20.5. The van der Waals surface area contributed by atoms with Crippen LogP contribution >= 0.6 is 11.3 Å². The molecule has 0 atom stereocenters. The second-order valence-corrected chi connectivity index (χ2v) is 18.7. The molecule has 1 spiro atoms. The Morgan fingerprint density at radius 3 is 1.67 bits per heavy atom. The molecule has 0 saturated carbocycles. The van der Waals surface area contributed by atoms with Gasteiger partial charge in [-0.2, -0.15) is 0 Å². The molecular formula is C48H29NOS2. The molecule has 8 aromatic carbocycles. The lowest BCUT2D eigenvalue weighted by molar-refractivity contribution is 0.658. The van der Waals surface area contributed by atoms with Crippen molar-refractivity contribution in [2.75, 3.05) is 0 Å². The summed E-state index contributed by atoms with van der Waals surface area (Å²) < 4.78 is 22.2. The van der Waals surface area contributed by atoms with E-state index in [0.29, 0.717) is 0 Å². The van der Waals surface area contributed by atoms with Gasteiger partial charge in [-0.15, -0.1) is 11.3 Å². The van der Waals surface area contributed by atoms with E-state index in [0.717, 1.165) is 58.7 Å². The molecule has 4 heteroatoms. The van der Waals surface area contributed by atoms with Gasteiger partial charge < -0.3 is 4.57 Å². The van der Waals surface area contributed by atoms with Gasteiger partial charge in [0.15, 0.2) is 0 Å². The van der Waals surface area contributed by atoms with Crippen LogP contribution in [0.5, 0.6) is 0 Å². The van der Waals surface area contributed by atoms with E-state index in [4.69, 9.17) is 0 Å². The molecule has 0 saturated heterocycles. The average Bonchev–Trinajstić information content (AvgIpc) is 3.89. The van der Waals surface area contributed by atoms with Crippen LogP contribution in [-0.2, 0) is 9.07 Å². The molecule has 0 unspecified atom stereocenters. The Labute approximate surface area is 304 Å². The van der Waals surface area contributed by atoms with Gasteiger partial charge in [0.25, 0.3) is 0 Å². The molecule has 0 aliphatic carbocycles. The molecule has 52 heavy (non-hydrogen) atoms. The zero-order valence-electron chi connectivity index (χ0n) is 27.9. The van der Waals surface area contributed by atoms with Crippen molar-refractivity contribution in [3.63, 3.8) is 0 Å². The van der Waals surface area contributed by atoms with Crippen LogP contribution in [0.3, 0.4) is 0 Å². The molecule has 2 aromatic heterocycles. The van der Waals surface area contributed by atoms with Crippen LogP contribution in [0.15, 0.2) is 196 Å². The highest BCUT2D eigenvalue weighted by molar-refractivity contribution is 8.21. The van der Waals surface area contributed by atoms with Crippen LogP contribution in [0.25, 0.3) is 81.0 Å². The smallest absolute Gasteiger partial charge is 0.0548 e. The van der Waals surface area contributed by atoms with Crippen LogP contribution in [0.2, 0.25) is 0 Å². The second-order valence-electron chi connectivity index (χ2n) is 13.9. The fourth-order valence-corrected chi connectivity index (χ4v) is 15.8. The van der Waals surface area contributed by atoms with Gasteiger partial charge in [-0.05, 0) is 82.4 Å². The summed E-state index contributed by atoms with van der Waals surface area (Å²) in [5.74, 6) is 0. The SMILES string of the molecule is O=S12(c3ccccc3-c3ccccc31)c1ccccc1-c1ccc(-c3ccccc3-n3c4ccccc4c4c5c(ccc43)sc3ccccc35)cc12. The summed E-state index contributed by atoms with van der Waals surface area (Å²) in [5, 5.41) is 5.15. The van der Waals surface area contributed by atoms with Crippen LogP contribution in [0.4, 0.5) is 0 Å². The molecule has 0 bridgehead atoms. The van der Waals surface area contributed by atoms with Gasteiger partial charge in [-0.25, -0.2) is 0 Å². The minimum absolute atomic E-state index is 0.900. The minimum atomic E-state index is -3.96. The van der Waals surface area contributed by atoms with E-state index in [1.807, 2.05) is 29.5 Å². The van der Waals surface area contributed by atoms with Gasteiger partial charge in [0, 0.05) is 65.2 Å². The van der Waals surface area contributed by atoms with Gasteiger partial charge in [0.05, 0.1) is 16.7 Å². The topological polar surface area (TPSA) is 22.0 Å². The van der Waals surface area contributed by atoms with Gasteiger partial charge >= 0.3 is 0 Å². The fraction of sp³-hybridized carbons (Fsp3) is 0. The van der Waals surface area contributed by atoms with Crippen molar-refractivity contribution in [1.82, 2.24) is 4.57 Å². The second kappa shape index (κ2) is 9.83. The third-order valence-electron chi connectivity index (χ3n) is 11.5. The normalized spacial score (nSPS) is 15.4. The Balaban J connectivity index is 1.17. The maximum Gasteiger partial charge on any atom is 0.0548 e. The molecule has 0 fully saturated rings. The van der Waals surface area contributed by atoms with Crippen molar-refractivity contribution in [3.05, 3.63) is 176 Å². The first-order valence-electron chi connectivity index (χ1n) is 17.7. The number of hydrogen-bond acceptors (Lipinski definition) is 2. The minimum Gasteiger partial charge on any atom is -0.309 e. The molecule has 2 aliphatic rings. The standard InChI is InChI=1S/C48H29NOS2/c50-52(43-22-10-4-14-32(43)33-15-5-11-23-44(33)52)45-24-12-6-16-34(45)35-26-25-30(29-46(35)52)31-13-1-7-19-38(31)49-39-20-8-2-17-36(39)47-40(49)27-28-42-48(47)37-18-3-9-21-41(37)51-42/h1-29H. The number of fused-ring (bicyclic) bond motifs is 17. The summed E-state index contributed by atoms with van der Waals surface area (Å²) in [4.78, 5) is 3.63. The van der Waals surface area contributed by atoms with E-state index in [2.05, 4.69) is 162 Å². The summed E-state index contributed by atoms with van der Waals surface area (Å²) in [6.07, 6.45) is 0. The predicted octanol–water partition coefficient (Wildman–Crippen LogP) is 13.1. The quantitative estimate of drug-likeness (QED) is 0.176. The Morgan fingerprint density at radius 1 is 0.404 bits per heavy atom. The zero-order chi connectivity index (χ0) is 34.2. The summed E-state index contributed by atoms with van der Waals surface area (Å²) in [6, 6.07) is 62.6. The van der Waals surface area contributed by atoms with Gasteiger partial charge in [0.1, 0.15) is 0 Å². The number of aromatic nitrogens is 1. The Hall–Kier alpha value is -6.07. The van der Waals surface area contributed by atoms with Crippen molar-refractivity contribution in [1.29, 1.82) is 0 Å². The molecule has 12 rings (SSSR count). The number of benzene rings is 8. The lowest BCUT2D eigenvalue weighted by atomic mass is 9.99. The van der Waals surface area contributed by atoms with E-state index in [-0.39, 0.29) is 0 Å². The third-order valence-corrected chi connectivity index (χ3v) is 17.4. The van der Waals surface area contributed by atoms with E-state index in [1.165, 1.54) is 42.0 Å². The van der Waals surface area contributed by atoms with Crippen LogP contribution in [0, 0.1) is 0 Å². The average molecular weight is 700 g/mol. The number of para-hydroxylation sites is 2. The summed E-state index contributed by atoms with van der Waals surface area (Å²) in [5.41, 5.74) is 9.81. The molecule has 244 valence electrons. The Kier molecular flexibility index (Phi) is 5.41. The maximum absolute atomic E-state index is 17.1. The first-order chi connectivity index (χ1) is 25.6. The molecular weight excluding hydrogens is 671 g/mol. The molecule has 2 aliphatic heterocycles. The van der Waals surface area contributed by atoms with Crippen LogP contribution in [0.1, 0.15) is 0 Å². The Morgan fingerprint density at radius 2 is 0.962 bits per heavy atom. The number of hydrogen-bond donors (Lipinski definition) is 0. The number of rotatable bonds is 2. The van der Waals surface area contributed by atoms with E-state index < -0.39 is 9.07 Å². The maximum atomic E-state index is 17.1. The highest BCUT2D eigenvalue weighted by atomic mass is 32.3. The lowest BCUT2D eigenvalue weighted by Gasteiger charge is -2.39. The molecule has 10 aromatic rings. The van der Waals surface area contributed by atoms with Crippen molar-refractivity contribution >= 4 is 62.4 Å². The highest BCUT2D eigenvalue weighted by Crippen LogP contribution is 2.71. The van der Waals surface area contributed by atoms with Gasteiger partial charge in [-0.3, -0.25) is 4.21 Å². The van der Waals surface area contributed by atoms with Gasteiger partial charge in [-0.1, -0.05) is 121 Å². The van der Waals surface area contributed by atoms with Crippen molar-refractivity contribution in [2.24, 2.45) is 0 Å². The van der Waals surface area contributed by atoms with Gasteiger partial charge in [0.2, 0.25) is 0 Å². The van der Waals surface area contributed by atoms with E-state index in [9.17, 15) is 0 Å². The molecule has 0 N–H and O–H groups in total. The summed E-state index contributed by atoms with van der Waals surface area (Å²) in [6.45, 7) is 0. The number of thiophene rings is 1. The monoisotopic (exact) mass is 699 g/mol.